The van der Waals surface area contributed by atoms with Crippen LogP contribution in [0.5, 0.6) is 0 Å². The average Bonchev–Trinajstić information content (AvgIpc) is 2.35. The highest BCUT2D eigenvalue weighted by Gasteiger charge is 2.50. The molecule has 4 aliphatic carbocycles. The van der Waals surface area contributed by atoms with Gasteiger partial charge in [0.1, 0.15) is 0 Å². The van der Waals surface area contributed by atoms with Gasteiger partial charge in [-0.05, 0) is 76.5 Å². The summed E-state index contributed by atoms with van der Waals surface area (Å²) >= 11 is 0. The van der Waals surface area contributed by atoms with Gasteiger partial charge in [-0.3, -0.25) is 4.79 Å². The van der Waals surface area contributed by atoms with Gasteiger partial charge in [0, 0.05) is 31.6 Å². The number of rotatable bonds is 4. The summed E-state index contributed by atoms with van der Waals surface area (Å²) in [4.78, 5) is 14.7. The van der Waals surface area contributed by atoms with Gasteiger partial charge in [-0.2, -0.15) is 0 Å². The summed E-state index contributed by atoms with van der Waals surface area (Å²) in [5, 5.41) is 3.43. The van der Waals surface area contributed by atoms with E-state index in [0.29, 0.717) is 18.4 Å². The van der Waals surface area contributed by atoms with Crippen molar-refractivity contribution in [1.82, 2.24) is 10.2 Å². The van der Waals surface area contributed by atoms with Gasteiger partial charge in [-0.15, -0.1) is 0 Å². The van der Waals surface area contributed by atoms with Crippen LogP contribution in [0, 0.1) is 23.7 Å². The normalized spacial score (nSPS) is 37.8. The SMILES string of the molecule is CN(C(=O)CCNC(C)(C)C)C1C2CC3CC(C2)CC1C3. The Morgan fingerprint density at radius 1 is 1.05 bits per heavy atom. The van der Waals surface area contributed by atoms with E-state index in [1.807, 2.05) is 0 Å². The van der Waals surface area contributed by atoms with E-state index >= 15 is 0 Å². The fourth-order valence-electron chi connectivity index (χ4n) is 5.42. The Balaban J connectivity index is 1.55. The molecule has 0 aromatic heterocycles. The second-order valence-corrected chi connectivity index (χ2v) is 8.85. The van der Waals surface area contributed by atoms with Gasteiger partial charge in [-0.1, -0.05) is 0 Å². The maximum Gasteiger partial charge on any atom is 0.223 e. The molecule has 3 heteroatoms. The van der Waals surface area contributed by atoms with Crippen molar-refractivity contribution in [3.05, 3.63) is 0 Å². The summed E-state index contributed by atoms with van der Waals surface area (Å²) in [5.74, 6) is 3.89. The van der Waals surface area contributed by atoms with Crippen molar-refractivity contribution >= 4 is 5.91 Å². The predicted octanol–water partition coefficient (Wildman–Crippen LogP) is 3.05. The van der Waals surface area contributed by atoms with Crippen LogP contribution in [0.3, 0.4) is 0 Å². The molecule has 4 fully saturated rings. The lowest BCUT2D eigenvalue weighted by Gasteiger charge is -2.56. The van der Waals surface area contributed by atoms with E-state index < -0.39 is 0 Å². The first-order chi connectivity index (χ1) is 9.83. The highest BCUT2D eigenvalue weighted by atomic mass is 16.2. The molecular weight excluding hydrogens is 260 g/mol. The molecule has 0 spiro atoms. The molecule has 0 heterocycles. The predicted molar refractivity (Wildman–Crippen MR) is 86.0 cm³/mol. The molecule has 120 valence electrons. The number of nitrogens with zero attached hydrogens (tertiary/aromatic N) is 1. The van der Waals surface area contributed by atoms with Crippen LogP contribution >= 0.6 is 0 Å². The van der Waals surface area contributed by atoms with Gasteiger partial charge in [-0.25, -0.2) is 0 Å². The number of carbonyl (C=O) groups is 1. The summed E-state index contributed by atoms with van der Waals surface area (Å²) in [5.41, 5.74) is 0.0987. The van der Waals surface area contributed by atoms with E-state index in [0.717, 1.165) is 30.2 Å². The molecule has 0 aromatic rings. The molecule has 0 unspecified atom stereocenters. The van der Waals surface area contributed by atoms with E-state index in [1.165, 1.54) is 32.1 Å². The van der Waals surface area contributed by atoms with Gasteiger partial charge in [0.05, 0.1) is 0 Å². The van der Waals surface area contributed by atoms with Gasteiger partial charge in [0.25, 0.3) is 0 Å². The minimum atomic E-state index is 0.0987. The monoisotopic (exact) mass is 292 g/mol. The Morgan fingerprint density at radius 2 is 1.57 bits per heavy atom. The Morgan fingerprint density at radius 3 is 2.05 bits per heavy atom. The second-order valence-electron chi connectivity index (χ2n) is 8.85. The van der Waals surface area contributed by atoms with Gasteiger partial charge in [0.2, 0.25) is 5.91 Å². The van der Waals surface area contributed by atoms with E-state index in [-0.39, 0.29) is 5.54 Å². The Labute approximate surface area is 129 Å². The van der Waals surface area contributed by atoms with Crippen LogP contribution in [-0.4, -0.2) is 36.0 Å². The van der Waals surface area contributed by atoms with Crippen molar-refractivity contribution < 1.29 is 4.79 Å². The lowest BCUT2D eigenvalue weighted by molar-refractivity contribution is -0.141. The number of hydrogen-bond donors (Lipinski definition) is 1. The quantitative estimate of drug-likeness (QED) is 0.864. The minimum Gasteiger partial charge on any atom is -0.342 e. The highest BCUT2D eigenvalue weighted by Crippen LogP contribution is 2.54. The summed E-state index contributed by atoms with van der Waals surface area (Å²) in [6, 6.07) is 0.542. The van der Waals surface area contributed by atoms with Gasteiger partial charge in [0.15, 0.2) is 0 Å². The first-order valence-corrected chi connectivity index (χ1v) is 8.84. The van der Waals surface area contributed by atoms with Crippen LogP contribution in [0.25, 0.3) is 0 Å². The van der Waals surface area contributed by atoms with Gasteiger partial charge < -0.3 is 10.2 Å². The number of nitrogens with one attached hydrogen (secondary N) is 1. The van der Waals surface area contributed by atoms with Crippen LogP contribution in [0.15, 0.2) is 0 Å². The zero-order valence-electron chi connectivity index (χ0n) is 14.2. The summed E-state index contributed by atoms with van der Waals surface area (Å²) in [6.07, 6.45) is 7.65. The Bertz CT molecular complexity index is 371. The van der Waals surface area contributed by atoms with Crippen molar-refractivity contribution in [2.45, 2.75) is 70.9 Å². The first kappa shape index (κ1) is 15.3. The van der Waals surface area contributed by atoms with E-state index in [9.17, 15) is 4.79 Å². The lowest BCUT2D eigenvalue weighted by Crippen LogP contribution is -2.56. The van der Waals surface area contributed by atoms with Crippen LogP contribution in [0.2, 0.25) is 0 Å². The first-order valence-electron chi connectivity index (χ1n) is 8.84. The van der Waals surface area contributed by atoms with E-state index in [2.05, 4.69) is 38.0 Å². The molecule has 4 bridgehead atoms. The van der Waals surface area contributed by atoms with Crippen molar-refractivity contribution in [3.8, 4) is 0 Å². The molecule has 4 saturated carbocycles. The van der Waals surface area contributed by atoms with Crippen LogP contribution in [0.4, 0.5) is 0 Å². The molecule has 0 aliphatic heterocycles. The fourth-order valence-corrected chi connectivity index (χ4v) is 5.42. The van der Waals surface area contributed by atoms with Crippen molar-refractivity contribution in [2.24, 2.45) is 23.7 Å². The molecule has 0 radical (unpaired) electrons. The van der Waals surface area contributed by atoms with Crippen molar-refractivity contribution in [1.29, 1.82) is 0 Å². The molecule has 1 N–H and O–H groups in total. The average molecular weight is 292 g/mol. The maximum atomic E-state index is 12.5. The molecule has 0 saturated heterocycles. The highest BCUT2D eigenvalue weighted by molar-refractivity contribution is 5.76. The Hall–Kier alpha value is -0.570. The maximum absolute atomic E-state index is 12.5. The zero-order valence-corrected chi connectivity index (χ0v) is 14.2. The second kappa shape index (κ2) is 5.57. The third-order valence-electron chi connectivity index (χ3n) is 6.01. The van der Waals surface area contributed by atoms with Gasteiger partial charge >= 0.3 is 0 Å². The fraction of sp³-hybridized carbons (Fsp3) is 0.944. The number of carbonyl (C=O) groups excluding carboxylic acids is 1. The Kier molecular flexibility index (Phi) is 4.06. The molecule has 4 aliphatic rings. The van der Waals surface area contributed by atoms with E-state index in [1.54, 1.807) is 0 Å². The third kappa shape index (κ3) is 3.28. The molecule has 0 atom stereocenters. The molecule has 3 nitrogen and oxygen atoms in total. The summed E-state index contributed by atoms with van der Waals surface area (Å²) in [6.45, 7) is 7.25. The molecule has 4 rings (SSSR count). The summed E-state index contributed by atoms with van der Waals surface area (Å²) < 4.78 is 0. The van der Waals surface area contributed by atoms with Crippen LogP contribution < -0.4 is 5.32 Å². The third-order valence-corrected chi connectivity index (χ3v) is 6.01. The summed E-state index contributed by atoms with van der Waals surface area (Å²) in [7, 11) is 2.06. The van der Waals surface area contributed by atoms with Crippen LogP contribution in [0.1, 0.15) is 59.3 Å². The number of hydrogen-bond acceptors (Lipinski definition) is 2. The topological polar surface area (TPSA) is 32.3 Å². The standard InChI is InChI=1S/C18H32N2O/c1-18(2,3)19-6-5-16(21)20(4)17-14-8-12-7-13(10-14)11-15(17)9-12/h12-15,17,19H,5-11H2,1-4H3. The molecular formula is C18H32N2O. The minimum absolute atomic E-state index is 0.0987. The number of amides is 1. The molecule has 0 aromatic carbocycles. The van der Waals surface area contributed by atoms with E-state index in [4.69, 9.17) is 0 Å². The zero-order chi connectivity index (χ0) is 15.2. The smallest absolute Gasteiger partial charge is 0.223 e. The van der Waals surface area contributed by atoms with Crippen molar-refractivity contribution in [2.75, 3.05) is 13.6 Å². The molecule has 21 heavy (non-hydrogen) atoms. The molecule has 1 amide bonds. The van der Waals surface area contributed by atoms with Crippen molar-refractivity contribution in [3.63, 3.8) is 0 Å². The largest absolute Gasteiger partial charge is 0.342 e. The lowest BCUT2D eigenvalue weighted by atomic mass is 9.54. The van der Waals surface area contributed by atoms with Crippen LogP contribution in [-0.2, 0) is 4.79 Å².